The molecule has 1 amide bonds. The average molecular weight is 362 g/mol. The minimum absolute atomic E-state index is 0.100. The third-order valence-corrected chi connectivity index (χ3v) is 6.07. The number of hydrogen-bond donors (Lipinski definition) is 1. The fraction of sp³-hybridized carbons (Fsp3) is 0.471. The predicted molar refractivity (Wildman–Crippen MR) is 93.7 cm³/mol. The SMILES string of the molecule is Cc1csc(C(=O)N2CC3CN(c4nc(C)c(F)c(=O)[nH]4)CC3C2)c1. The van der Waals surface area contributed by atoms with E-state index in [9.17, 15) is 14.0 Å². The minimum Gasteiger partial charge on any atom is -0.342 e. The second kappa shape index (κ2) is 5.94. The predicted octanol–water partition coefficient (Wildman–Crippen LogP) is 1.80. The number of anilines is 1. The lowest BCUT2D eigenvalue weighted by molar-refractivity contribution is 0.0787. The molecule has 132 valence electrons. The lowest BCUT2D eigenvalue weighted by Crippen LogP contribution is -2.34. The first-order chi connectivity index (χ1) is 11.9. The van der Waals surface area contributed by atoms with Crippen molar-refractivity contribution in [3.8, 4) is 0 Å². The number of carbonyl (C=O) groups is 1. The highest BCUT2D eigenvalue weighted by atomic mass is 32.1. The smallest absolute Gasteiger partial charge is 0.288 e. The fourth-order valence-electron chi connectivity index (χ4n) is 3.74. The van der Waals surface area contributed by atoms with Crippen molar-refractivity contribution in [2.45, 2.75) is 13.8 Å². The first kappa shape index (κ1) is 16.3. The van der Waals surface area contributed by atoms with Crippen LogP contribution in [-0.4, -0.2) is 47.0 Å². The van der Waals surface area contributed by atoms with Crippen LogP contribution in [0, 0.1) is 31.5 Å². The second-order valence-corrected chi connectivity index (χ2v) is 7.82. The van der Waals surface area contributed by atoms with E-state index in [1.807, 2.05) is 28.2 Å². The molecule has 2 aliphatic rings. The number of nitrogens with one attached hydrogen (secondary N) is 1. The highest BCUT2D eigenvalue weighted by molar-refractivity contribution is 7.12. The fourth-order valence-corrected chi connectivity index (χ4v) is 4.60. The van der Waals surface area contributed by atoms with Crippen LogP contribution in [0.25, 0.3) is 0 Å². The van der Waals surface area contributed by atoms with Crippen LogP contribution < -0.4 is 10.5 Å². The molecular formula is C17H19FN4O2S. The molecule has 2 aliphatic heterocycles. The summed E-state index contributed by atoms with van der Waals surface area (Å²) in [5.74, 6) is 0.390. The van der Waals surface area contributed by atoms with Crippen molar-refractivity contribution in [2.75, 3.05) is 31.1 Å². The van der Waals surface area contributed by atoms with E-state index in [0.717, 1.165) is 10.4 Å². The van der Waals surface area contributed by atoms with Gasteiger partial charge in [-0.15, -0.1) is 11.3 Å². The molecule has 2 unspecified atom stereocenters. The lowest BCUT2D eigenvalue weighted by atomic mass is 10.0. The number of H-pyrrole nitrogens is 1. The molecule has 0 radical (unpaired) electrons. The number of aromatic amines is 1. The monoisotopic (exact) mass is 362 g/mol. The molecule has 0 bridgehead atoms. The Labute approximate surface area is 148 Å². The Kier molecular flexibility index (Phi) is 3.87. The highest BCUT2D eigenvalue weighted by Gasteiger charge is 2.42. The third kappa shape index (κ3) is 2.84. The molecule has 1 N–H and O–H groups in total. The van der Waals surface area contributed by atoms with E-state index >= 15 is 0 Å². The molecule has 2 aromatic rings. The summed E-state index contributed by atoms with van der Waals surface area (Å²) in [5, 5.41) is 1.99. The Morgan fingerprint density at radius 1 is 1.28 bits per heavy atom. The Morgan fingerprint density at radius 3 is 2.52 bits per heavy atom. The van der Waals surface area contributed by atoms with Crippen LogP contribution >= 0.6 is 11.3 Å². The van der Waals surface area contributed by atoms with Crippen molar-refractivity contribution in [3.63, 3.8) is 0 Å². The number of rotatable bonds is 2. The third-order valence-electron chi connectivity index (χ3n) is 5.03. The molecule has 2 saturated heterocycles. The van der Waals surface area contributed by atoms with Gasteiger partial charge in [0.1, 0.15) is 0 Å². The van der Waals surface area contributed by atoms with Crippen molar-refractivity contribution in [1.29, 1.82) is 0 Å². The Bertz CT molecular complexity index is 879. The molecule has 2 aromatic heterocycles. The van der Waals surface area contributed by atoms with E-state index in [0.29, 0.717) is 44.0 Å². The number of carbonyl (C=O) groups excluding carboxylic acids is 1. The average Bonchev–Trinajstić information content (AvgIpc) is 3.25. The van der Waals surface area contributed by atoms with Crippen LogP contribution in [-0.2, 0) is 0 Å². The van der Waals surface area contributed by atoms with Gasteiger partial charge >= 0.3 is 0 Å². The number of aromatic nitrogens is 2. The first-order valence-electron chi connectivity index (χ1n) is 8.28. The summed E-state index contributed by atoms with van der Waals surface area (Å²) in [6.45, 7) is 6.33. The molecule has 2 atom stereocenters. The quantitative estimate of drug-likeness (QED) is 0.884. The van der Waals surface area contributed by atoms with Gasteiger partial charge in [0.25, 0.3) is 11.5 Å². The summed E-state index contributed by atoms with van der Waals surface area (Å²) in [6, 6.07) is 1.93. The molecule has 25 heavy (non-hydrogen) atoms. The second-order valence-electron chi connectivity index (χ2n) is 6.91. The number of halogens is 1. The Hall–Kier alpha value is -2.22. The molecule has 8 heteroatoms. The maximum absolute atomic E-state index is 13.5. The zero-order valence-electron chi connectivity index (χ0n) is 14.1. The highest BCUT2D eigenvalue weighted by Crippen LogP contribution is 2.33. The summed E-state index contributed by atoms with van der Waals surface area (Å²) in [7, 11) is 0. The molecule has 0 spiro atoms. The van der Waals surface area contributed by atoms with E-state index in [4.69, 9.17) is 0 Å². The summed E-state index contributed by atoms with van der Waals surface area (Å²) in [5.41, 5.74) is 0.491. The number of fused-ring (bicyclic) bond motifs is 1. The zero-order chi connectivity index (χ0) is 17.7. The number of likely N-dealkylation sites (tertiary alicyclic amines) is 1. The van der Waals surface area contributed by atoms with E-state index in [1.54, 1.807) is 0 Å². The Balaban J connectivity index is 1.46. The van der Waals surface area contributed by atoms with Gasteiger partial charge in [-0.25, -0.2) is 4.98 Å². The number of nitrogens with zero attached hydrogens (tertiary/aromatic N) is 3. The van der Waals surface area contributed by atoms with Crippen molar-refractivity contribution in [1.82, 2.24) is 14.9 Å². The van der Waals surface area contributed by atoms with Crippen LogP contribution in [0.15, 0.2) is 16.2 Å². The number of amides is 1. The summed E-state index contributed by atoms with van der Waals surface area (Å²) in [4.78, 5) is 35.6. The van der Waals surface area contributed by atoms with Gasteiger partial charge in [-0.05, 0) is 30.9 Å². The van der Waals surface area contributed by atoms with Crippen LogP contribution in [0.3, 0.4) is 0 Å². The molecular weight excluding hydrogens is 343 g/mol. The topological polar surface area (TPSA) is 69.3 Å². The van der Waals surface area contributed by atoms with Crippen LogP contribution in [0.1, 0.15) is 20.9 Å². The van der Waals surface area contributed by atoms with Gasteiger partial charge in [-0.3, -0.25) is 14.6 Å². The van der Waals surface area contributed by atoms with Crippen LogP contribution in [0.2, 0.25) is 0 Å². The maximum atomic E-state index is 13.5. The van der Waals surface area contributed by atoms with Crippen LogP contribution in [0.5, 0.6) is 0 Å². The van der Waals surface area contributed by atoms with Gasteiger partial charge < -0.3 is 9.80 Å². The largest absolute Gasteiger partial charge is 0.342 e. The molecule has 2 fully saturated rings. The van der Waals surface area contributed by atoms with E-state index in [-0.39, 0.29) is 11.6 Å². The summed E-state index contributed by atoms with van der Waals surface area (Å²) in [6.07, 6.45) is 0. The van der Waals surface area contributed by atoms with E-state index in [2.05, 4.69) is 9.97 Å². The molecule has 0 saturated carbocycles. The molecule has 0 aromatic carbocycles. The Morgan fingerprint density at radius 2 is 1.96 bits per heavy atom. The molecule has 6 nitrogen and oxygen atoms in total. The standard InChI is InChI=1S/C17H19FN4O2S/c1-9-3-13(25-8-9)16(24)21-4-11-6-22(7-12(11)5-21)17-19-10(2)14(18)15(23)20-17/h3,8,11-12H,4-7H2,1-2H3,(H,19,20,23). The minimum atomic E-state index is -0.828. The van der Waals surface area contributed by atoms with Gasteiger partial charge in [-0.2, -0.15) is 4.39 Å². The van der Waals surface area contributed by atoms with Crippen molar-refractivity contribution >= 4 is 23.2 Å². The first-order valence-corrected chi connectivity index (χ1v) is 9.16. The van der Waals surface area contributed by atoms with Crippen molar-refractivity contribution in [2.24, 2.45) is 11.8 Å². The number of aryl methyl sites for hydroxylation is 2. The van der Waals surface area contributed by atoms with Gasteiger partial charge in [-0.1, -0.05) is 0 Å². The molecule has 0 aliphatic carbocycles. The van der Waals surface area contributed by atoms with Crippen molar-refractivity contribution in [3.05, 3.63) is 43.8 Å². The normalized spacial score (nSPS) is 22.5. The lowest BCUT2D eigenvalue weighted by Gasteiger charge is -2.22. The number of thiophene rings is 1. The van der Waals surface area contributed by atoms with Crippen LogP contribution in [0.4, 0.5) is 10.3 Å². The van der Waals surface area contributed by atoms with Gasteiger partial charge in [0.2, 0.25) is 11.8 Å². The maximum Gasteiger partial charge on any atom is 0.288 e. The van der Waals surface area contributed by atoms with E-state index in [1.165, 1.54) is 18.3 Å². The molecule has 4 rings (SSSR count). The summed E-state index contributed by atoms with van der Waals surface area (Å²) < 4.78 is 13.5. The number of hydrogen-bond acceptors (Lipinski definition) is 5. The summed E-state index contributed by atoms with van der Waals surface area (Å²) >= 11 is 1.49. The molecule has 4 heterocycles. The van der Waals surface area contributed by atoms with Gasteiger partial charge in [0.05, 0.1) is 10.6 Å². The van der Waals surface area contributed by atoms with Gasteiger partial charge in [0.15, 0.2) is 0 Å². The van der Waals surface area contributed by atoms with Crippen molar-refractivity contribution < 1.29 is 9.18 Å². The van der Waals surface area contributed by atoms with E-state index < -0.39 is 11.4 Å². The van der Waals surface area contributed by atoms with Gasteiger partial charge in [0, 0.05) is 38.0 Å². The zero-order valence-corrected chi connectivity index (χ0v) is 14.9.